The molecule has 1 atom stereocenters. The third-order valence-corrected chi connectivity index (χ3v) is 5.89. The molecule has 0 unspecified atom stereocenters. The quantitative estimate of drug-likeness (QED) is 0.258. The van der Waals surface area contributed by atoms with Crippen molar-refractivity contribution in [3.63, 3.8) is 0 Å². The van der Waals surface area contributed by atoms with Crippen LogP contribution >= 0.6 is 0 Å². The first-order chi connectivity index (χ1) is 14.1. The molecule has 0 aromatic heterocycles. The highest BCUT2D eigenvalue weighted by atomic mass is 19.1. The largest absolute Gasteiger partial charge is 0.494 e. The molecule has 0 radical (unpaired) electrons. The highest BCUT2D eigenvalue weighted by molar-refractivity contribution is 5.74. The average molecular weight is 407 g/mol. The number of esters is 1. The Balaban J connectivity index is 1.67. The van der Waals surface area contributed by atoms with Crippen LogP contribution in [0.15, 0.2) is 24.3 Å². The minimum atomic E-state index is -1.47. The van der Waals surface area contributed by atoms with Crippen molar-refractivity contribution in [2.45, 2.75) is 109 Å². The van der Waals surface area contributed by atoms with Crippen molar-refractivity contribution >= 4 is 5.97 Å². The molecule has 3 nitrogen and oxygen atoms in total. The molecule has 1 fully saturated rings. The van der Waals surface area contributed by atoms with Crippen LogP contribution < -0.4 is 4.74 Å². The predicted octanol–water partition coefficient (Wildman–Crippen LogP) is 7.13. The van der Waals surface area contributed by atoms with E-state index in [-0.39, 0.29) is 12.5 Å². The predicted molar refractivity (Wildman–Crippen MR) is 116 cm³/mol. The molecule has 29 heavy (non-hydrogen) atoms. The van der Waals surface area contributed by atoms with E-state index in [1.54, 1.807) is 0 Å². The van der Waals surface area contributed by atoms with Gasteiger partial charge < -0.3 is 9.47 Å². The lowest BCUT2D eigenvalue weighted by Gasteiger charge is -2.29. The Morgan fingerprint density at radius 2 is 1.62 bits per heavy atom. The molecule has 164 valence electrons. The minimum absolute atomic E-state index is 0.131. The molecule has 0 saturated heterocycles. The standard InChI is InChI=1S/C25H39FO3/c1-3-5-7-8-9-19-28-22-15-11-20(12-16-22)21-13-17-23(18-14-21)29-25(27)24(26)10-6-4-2/h11-12,15-16,21,23-24H,3-10,13-14,17-19H2,1-2H3/t21-,23-,24-/m0/s1. The van der Waals surface area contributed by atoms with Crippen LogP contribution in [0.25, 0.3) is 0 Å². The summed E-state index contributed by atoms with van der Waals surface area (Å²) in [4.78, 5) is 11.9. The highest BCUT2D eigenvalue weighted by Crippen LogP contribution is 2.35. The number of ether oxygens (including phenoxy) is 2. The van der Waals surface area contributed by atoms with Gasteiger partial charge in [-0.05, 0) is 62.1 Å². The normalized spacial score (nSPS) is 20.2. The van der Waals surface area contributed by atoms with Crippen LogP contribution in [0, 0.1) is 0 Å². The molecule has 0 bridgehead atoms. The van der Waals surface area contributed by atoms with Gasteiger partial charge in [0, 0.05) is 0 Å². The summed E-state index contributed by atoms with van der Waals surface area (Å²) in [5.41, 5.74) is 1.32. The second-order valence-electron chi connectivity index (χ2n) is 8.35. The first-order valence-corrected chi connectivity index (χ1v) is 11.7. The van der Waals surface area contributed by atoms with Gasteiger partial charge in [0.15, 0.2) is 6.17 Å². The summed E-state index contributed by atoms with van der Waals surface area (Å²) < 4.78 is 25.0. The van der Waals surface area contributed by atoms with Gasteiger partial charge in [0.1, 0.15) is 11.9 Å². The summed E-state index contributed by atoms with van der Waals surface area (Å²) in [6, 6.07) is 8.45. The van der Waals surface area contributed by atoms with E-state index in [0.29, 0.717) is 5.92 Å². The second kappa shape index (κ2) is 13.6. The fourth-order valence-electron chi connectivity index (χ4n) is 3.99. The fraction of sp³-hybridized carbons (Fsp3) is 0.720. The Kier molecular flexibility index (Phi) is 11.1. The zero-order valence-electron chi connectivity index (χ0n) is 18.3. The molecular weight excluding hydrogens is 367 g/mol. The zero-order valence-corrected chi connectivity index (χ0v) is 18.3. The lowest BCUT2D eigenvalue weighted by atomic mass is 9.83. The number of alkyl halides is 1. The lowest BCUT2D eigenvalue weighted by Crippen LogP contribution is -2.28. The van der Waals surface area contributed by atoms with Crippen LogP contribution in [-0.4, -0.2) is 24.9 Å². The maximum absolute atomic E-state index is 13.8. The van der Waals surface area contributed by atoms with E-state index in [2.05, 4.69) is 31.2 Å². The topological polar surface area (TPSA) is 35.5 Å². The van der Waals surface area contributed by atoms with Gasteiger partial charge in [-0.1, -0.05) is 64.5 Å². The Labute approximate surface area is 176 Å². The zero-order chi connectivity index (χ0) is 20.9. The van der Waals surface area contributed by atoms with Gasteiger partial charge in [0.05, 0.1) is 6.61 Å². The third kappa shape index (κ3) is 8.76. The Bertz CT molecular complexity index is 564. The fourth-order valence-corrected chi connectivity index (χ4v) is 3.99. The van der Waals surface area contributed by atoms with E-state index in [0.717, 1.165) is 57.3 Å². The monoisotopic (exact) mass is 406 g/mol. The summed E-state index contributed by atoms with van der Waals surface area (Å²) >= 11 is 0. The van der Waals surface area contributed by atoms with Crippen LogP contribution in [-0.2, 0) is 9.53 Å². The van der Waals surface area contributed by atoms with Gasteiger partial charge in [0.25, 0.3) is 0 Å². The van der Waals surface area contributed by atoms with E-state index in [9.17, 15) is 9.18 Å². The third-order valence-electron chi connectivity index (χ3n) is 5.89. The van der Waals surface area contributed by atoms with E-state index in [4.69, 9.17) is 9.47 Å². The number of rotatable bonds is 13. The maximum atomic E-state index is 13.8. The number of carbonyl (C=O) groups excluding carboxylic acids is 1. The summed E-state index contributed by atoms with van der Waals surface area (Å²) in [6.45, 7) is 5.01. The SMILES string of the molecule is CCCCCCCOc1ccc([C@H]2CC[C@H](OC(=O)[C@@H](F)CCCC)CC2)cc1. The number of hydrogen-bond acceptors (Lipinski definition) is 3. The van der Waals surface area contributed by atoms with Crippen molar-refractivity contribution in [3.05, 3.63) is 29.8 Å². The number of unbranched alkanes of at least 4 members (excludes halogenated alkanes) is 5. The van der Waals surface area contributed by atoms with Gasteiger partial charge in [-0.2, -0.15) is 0 Å². The Morgan fingerprint density at radius 3 is 2.28 bits per heavy atom. The first kappa shape index (κ1) is 23.7. The summed E-state index contributed by atoms with van der Waals surface area (Å²) in [5, 5.41) is 0. The Hall–Kier alpha value is -1.58. The molecule has 0 heterocycles. The van der Waals surface area contributed by atoms with Gasteiger partial charge in [-0.15, -0.1) is 0 Å². The molecular formula is C25H39FO3. The lowest BCUT2D eigenvalue weighted by molar-refractivity contribution is -0.157. The molecule has 0 amide bonds. The molecule has 1 aliphatic carbocycles. The van der Waals surface area contributed by atoms with Gasteiger partial charge in [-0.3, -0.25) is 0 Å². The summed E-state index contributed by atoms with van der Waals surface area (Å²) in [6.07, 6.45) is 10.1. The van der Waals surface area contributed by atoms with Crippen LogP contribution in [0.4, 0.5) is 4.39 Å². The number of halogens is 1. The minimum Gasteiger partial charge on any atom is -0.494 e. The second-order valence-corrected chi connectivity index (χ2v) is 8.35. The average Bonchev–Trinajstić information content (AvgIpc) is 2.75. The van der Waals surface area contributed by atoms with E-state index >= 15 is 0 Å². The molecule has 0 N–H and O–H groups in total. The Morgan fingerprint density at radius 1 is 0.966 bits per heavy atom. The number of carbonyl (C=O) groups is 1. The van der Waals surface area contributed by atoms with Crippen LogP contribution in [0.1, 0.15) is 102 Å². The molecule has 2 rings (SSSR count). The highest BCUT2D eigenvalue weighted by Gasteiger charge is 2.27. The van der Waals surface area contributed by atoms with Gasteiger partial charge >= 0.3 is 5.97 Å². The molecule has 1 saturated carbocycles. The molecule has 4 heteroatoms. The number of benzene rings is 1. The van der Waals surface area contributed by atoms with Gasteiger partial charge in [-0.25, -0.2) is 9.18 Å². The van der Waals surface area contributed by atoms with E-state index < -0.39 is 12.1 Å². The molecule has 1 aromatic rings. The van der Waals surface area contributed by atoms with Gasteiger partial charge in [0.2, 0.25) is 0 Å². The summed E-state index contributed by atoms with van der Waals surface area (Å²) in [7, 11) is 0. The van der Waals surface area contributed by atoms with E-state index in [1.807, 2.05) is 6.92 Å². The number of hydrogen-bond donors (Lipinski definition) is 0. The molecule has 1 aromatic carbocycles. The maximum Gasteiger partial charge on any atom is 0.340 e. The summed E-state index contributed by atoms with van der Waals surface area (Å²) in [5.74, 6) is 0.750. The first-order valence-electron chi connectivity index (χ1n) is 11.7. The van der Waals surface area contributed by atoms with Crippen molar-refractivity contribution in [2.75, 3.05) is 6.61 Å². The van der Waals surface area contributed by atoms with Crippen molar-refractivity contribution in [1.29, 1.82) is 0 Å². The van der Waals surface area contributed by atoms with Crippen molar-refractivity contribution in [2.24, 2.45) is 0 Å². The van der Waals surface area contributed by atoms with Crippen molar-refractivity contribution in [3.8, 4) is 5.75 Å². The van der Waals surface area contributed by atoms with Crippen LogP contribution in [0.2, 0.25) is 0 Å². The van der Waals surface area contributed by atoms with Crippen LogP contribution in [0.3, 0.4) is 0 Å². The van der Waals surface area contributed by atoms with Crippen molar-refractivity contribution in [1.82, 2.24) is 0 Å². The smallest absolute Gasteiger partial charge is 0.340 e. The van der Waals surface area contributed by atoms with E-state index in [1.165, 1.54) is 31.2 Å². The van der Waals surface area contributed by atoms with Crippen LogP contribution in [0.5, 0.6) is 5.75 Å². The molecule has 1 aliphatic rings. The molecule has 0 spiro atoms. The van der Waals surface area contributed by atoms with Crippen molar-refractivity contribution < 1.29 is 18.7 Å². The molecule has 0 aliphatic heterocycles.